The van der Waals surface area contributed by atoms with E-state index < -0.39 is 0 Å². The van der Waals surface area contributed by atoms with E-state index in [9.17, 15) is 9.18 Å². The van der Waals surface area contributed by atoms with Gasteiger partial charge in [-0.15, -0.1) is 0 Å². The minimum absolute atomic E-state index is 0.127. The van der Waals surface area contributed by atoms with Gasteiger partial charge in [-0.25, -0.2) is 4.39 Å². The van der Waals surface area contributed by atoms with Crippen LogP contribution in [0.1, 0.15) is 24.8 Å². The van der Waals surface area contributed by atoms with Gasteiger partial charge in [-0.1, -0.05) is 12.1 Å². The monoisotopic (exact) mass is 363 g/mol. The predicted molar refractivity (Wildman–Crippen MR) is 99.3 cm³/mol. The molecule has 2 atom stereocenters. The van der Waals surface area contributed by atoms with E-state index in [0.29, 0.717) is 12.3 Å². The molecule has 1 aromatic rings. The fourth-order valence-corrected chi connectivity index (χ4v) is 3.95. The Balaban J connectivity index is 1.45. The zero-order valence-electron chi connectivity index (χ0n) is 15.4. The van der Waals surface area contributed by atoms with Crippen molar-refractivity contribution < 1.29 is 13.9 Å². The van der Waals surface area contributed by atoms with Crippen LogP contribution in [0.3, 0.4) is 0 Å². The molecule has 2 aliphatic heterocycles. The van der Waals surface area contributed by atoms with Crippen LogP contribution < -0.4 is 5.73 Å². The fourth-order valence-electron chi connectivity index (χ4n) is 3.95. The van der Waals surface area contributed by atoms with Crippen molar-refractivity contribution >= 4 is 5.91 Å². The molecule has 0 aliphatic carbocycles. The molecule has 2 heterocycles. The van der Waals surface area contributed by atoms with Crippen molar-refractivity contribution in [1.82, 2.24) is 9.80 Å². The van der Waals surface area contributed by atoms with Gasteiger partial charge in [0.25, 0.3) is 0 Å². The molecule has 5 nitrogen and oxygen atoms in total. The van der Waals surface area contributed by atoms with Crippen LogP contribution >= 0.6 is 0 Å². The van der Waals surface area contributed by atoms with Crippen molar-refractivity contribution in [2.45, 2.75) is 31.7 Å². The summed E-state index contributed by atoms with van der Waals surface area (Å²) in [5.41, 5.74) is 7.35. The highest BCUT2D eigenvalue weighted by atomic mass is 19.1. The smallest absolute Gasteiger partial charge is 0.224 e. The van der Waals surface area contributed by atoms with Crippen molar-refractivity contribution in [1.29, 1.82) is 0 Å². The average molecular weight is 363 g/mol. The molecule has 2 N–H and O–H groups in total. The van der Waals surface area contributed by atoms with E-state index >= 15 is 0 Å². The molecule has 6 heteroatoms. The third kappa shape index (κ3) is 5.76. The highest BCUT2D eigenvalue weighted by Gasteiger charge is 2.25. The van der Waals surface area contributed by atoms with Crippen LogP contribution in [0.15, 0.2) is 24.3 Å². The van der Waals surface area contributed by atoms with E-state index in [1.54, 1.807) is 0 Å². The highest BCUT2D eigenvalue weighted by Crippen LogP contribution is 2.22. The number of amides is 1. The van der Waals surface area contributed by atoms with Crippen LogP contribution in [-0.4, -0.2) is 67.7 Å². The Bertz CT molecular complexity index is 575. The lowest BCUT2D eigenvalue weighted by Gasteiger charge is -2.34. The Morgan fingerprint density at radius 3 is 2.69 bits per heavy atom. The number of hydrogen-bond donors (Lipinski definition) is 1. The minimum Gasteiger partial charge on any atom is -0.379 e. The van der Waals surface area contributed by atoms with Crippen molar-refractivity contribution in [2.75, 3.05) is 45.9 Å². The van der Waals surface area contributed by atoms with Gasteiger partial charge in [0.05, 0.1) is 13.2 Å². The normalized spacial score (nSPS) is 23.0. The van der Waals surface area contributed by atoms with Gasteiger partial charge < -0.3 is 15.4 Å². The van der Waals surface area contributed by atoms with Crippen molar-refractivity contribution in [2.24, 2.45) is 11.7 Å². The second kappa shape index (κ2) is 9.44. The van der Waals surface area contributed by atoms with Crippen molar-refractivity contribution in [3.63, 3.8) is 0 Å². The first-order valence-electron chi connectivity index (χ1n) is 9.68. The molecule has 26 heavy (non-hydrogen) atoms. The van der Waals surface area contributed by atoms with Crippen LogP contribution in [-0.2, 0) is 16.0 Å². The Morgan fingerprint density at radius 1 is 1.23 bits per heavy atom. The molecule has 0 saturated carbocycles. The van der Waals surface area contributed by atoms with Crippen molar-refractivity contribution in [3.05, 3.63) is 35.6 Å². The van der Waals surface area contributed by atoms with Crippen molar-refractivity contribution in [3.8, 4) is 0 Å². The van der Waals surface area contributed by atoms with E-state index in [1.165, 1.54) is 12.1 Å². The van der Waals surface area contributed by atoms with E-state index in [1.807, 2.05) is 17.0 Å². The molecule has 0 unspecified atom stereocenters. The second-order valence-electron chi connectivity index (χ2n) is 7.56. The topological polar surface area (TPSA) is 58.8 Å². The van der Waals surface area contributed by atoms with Gasteiger partial charge in [0.2, 0.25) is 5.91 Å². The SMILES string of the molecule is N[C@@H](CC(=O)N1CCC[C@@H](Cc2ccc(F)cc2)C1)CN1CCOCC1. The summed E-state index contributed by atoms with van der Waals surface area (Å²) in [5, 5.41) is 0. The Morgan fingerprint density at radius 2 is 1.96 bits per heavy atom. The molecule has 0 radical (unpaired) electrons. The number of carbonyl (C=O) groups is 1. The summed E-state index contributed by atoms with van der Waals surface area (Å²) in [6.45, 7) is 5.64. The maximum atomic E-state index is 13.0. The first-order valence-corrected chi connectivity index (χ1v) is 9.68. The first-order chi connectivity index (χ1) is 12.6. The number of ether oxygens (including phenoxy) is 1. The molecule has 144 valence electrons. The lowest BCUT2D eigenvalue weighted by atomic mass is 9.91. The second-order valence-corrected chi connectivity index (χ2v) is 7.56. The van der Waals surface area contributed by atoms with Crippen LogP contribution in [0, 0.1) is 11.7 Å². The molecule has 3 rings (SSSR count). The van der Waals surface area contributed by atoms with Gasteiger partial charge in [-0.05, 0) is 42.9 Å². The highest BCUT2D eigenvalue weighted by molar-refractivity contribution is 5.77. The van der Waals surface area contributed by atoms with Crippen LogP contribution in [0.4, 0.5) is 4.39 Å². The van der Waals surface area contributed by atoms with Crippen LogP contribution in [0.5, 0.6) is 0 Å². The minimum atomic E-state index is -0.205. The molecule has 1 aromatic carbocycles. The number of rotatable bonds is 6. The van der Waals surface area contributed by atoms with Gasteiger partial charge in [-0.3, -0.25) is 9.69 Å². The number of carbonyl (C=O) groups excluding carboxylic acids is 1. The number of halogens is 1. The zero-order chi connectivity index (χ0) is 18.4. The molecule has 1 amide bonds. The van der Waals surface area contributed by atoms with Gasteiger partial charge in [0.15, 0.2) is 0 Å². The standard InChI is InChI=1S/C20H30FN3O2/c21-18-5-3-16(4-6-18)12-17-2-1-7-24(14-17)20(25)13-19(22)15-23-8-10-26-11-9-23/h3-6,17,19H,1-2,7-15,22H2/t17-,19-/m0/s1. The summed E-state index contributed by atoms with van der Waals surface area (Å²) in [6, 6.07) is 6.57. The van der Waals surface area contributed by atoms with Gasteiger partial charge in [0, 0.05) is 45.2 Å². The first kappa shape index (κ1) is 19.3. The third-order valence-corrected chi connectivity index (χ3v) is 5.34. The number of likely N-dealkylation sites (tertiary alicyclic amines) is 1. The Hall–Kier alpha value is -1.50. The van der Waals surface area contributed by atoms with Gasteiger partial charge in [0.1, 0.15) is 5.82 Å². The van der Waals surface area contributed by atoms with E-state index in [0.717, 1.165) is 70.8 Å². The van der Waals surface area contributed by atoms with E-state index in [2.05, 4.69) is 4.90 Å². The predicted octanol–water partition coefficient (Wildman–Crippen LogP) is 1.66. The Labute approximate surface area is 155 Å². The van der Waals surface area contributed by atoms with E-state index in [4.69, 9.17) is 10.5 Å². The molecular formula is C20H30FN3O2. The summed E-state index contributed by atoms with van der Waals surface area (Å²) in [4.78, 5) is 16.9. The molecule has 2 fully saturated rings. The lowest BCUT2D eigenvalue weighted by molar-refractivity contribution is -0.133. The summed E-state index contributed by atoms with van der Waals surface area (Å²) in [6.07, 6.45) is 3.43. The third-order valence-electron chi connectivity index (χ3n) is 5.34. The van der Waals surface area contributed by atoms with Gasteiger partial charge >= 0.3 is 0 Å². The van der Waals surface area contributed by atoms with Crippen LogP contribution in [0.25, 0.3) is 0 Å². The molecule has 2 saturated heterocycles. The summed E-state index contributed by atoms with van der Waals surface area (Å²) < 4.78 is 18.4. The van der Waals surface area contributed by atoms with Crippen LogP contribution in [0.2, 0.25) is 0 Å². The fraction of sp³-hybridized carbons (Fsp3) is 0.650. The molecule has 0 aromatic heterocycles. The zero-order valence-corrected chi connectivity index (χ0v) is 15.4. The summed E-state index contributed by atoms with van der Waals surface area (Å²) in [5.74, 6) is 0.395. The molecule has 0 bridgehead atoms. The number of morpholine rings is 1. The van der Waals surface area contributed by atoms with E-state index in [-0.39, 0.29) is 17.8 Å². The number of nitrogens with two attached hydrogens (primary N) is 1. The molecular weight excluding hydrogens is 333 g/mol. The Kier molecular flexibility index (Phi) is 7.00. The lowest BCUT2D eigenvalue weighted by Crippen LogP contribution is -2.47. The number of piperidine rings is 1. The molecule has 0 spiro atoms. The average Bonchev–Trinajstić information content (AvgIpc) is 2.64. The maximum absolute atomic E-state index is 13.0. The maximum Gasteiger partial charge on any atom is 0.224 e. The number of hydrogen-bond acceptors (Lipinski definition) is 4. The summed E-state index contributed by atoms with van der Waals surface area (Å²) in [7, 11) is 0. The van der Waals surface area contributed by atoms with Gasteiger partial charge in [-0.2, -0.15) is 0 Å². The summed E-state index contributed by atoms with van der Waals surface area (Å²) >= 11 is 0. The number of nitrogens with zero attached hydrogens (tertiary/aromatic N) is 2. The quantitative estimate of drug-likeness (QED) is 0.835. The largest absolute Gasteiger partial charge is 0.379 e. The number of benzene rings is 1. The molecule has 2 aliphatic rings.